The molecule has 1 amide bonds. The van der Waals surface area contributed by atoms with Crippen molar-refractivity contribution in [1.29, 1.82) is 0 Å². The van der Waals surface area contributed by atoms with E-state index in [0.717, 1.165) is 12.1 Å². The summed E-state index contributed by atoms with van der Waals surface area (Å²) in [6, 6.07) is 14.7. The van der Waals surface area contributed by atoms with Gasteiger partial charge in [-0.15, -0.1) is 0 Å². The van der Waals surface area contributed by atoms with E-state index in [9.17, 15) is 22.4 Å². The maximum atomic E-state index is 13.4. The number of benzene rings is 3. The van der Waals surface area contributed by atoms with E-state index < -0.39 is 23.5 Å². The van der Waals surface area contributed by atoms with Gasteiger partial charge < -0.3 is 10.3 Å². The first-order valence-electron chi connectivity index (χ1n) is 8.43. The number of hydrogen-bond donors (Lipinski definition) is 1. The molecule has 0 radical (unpaired) electrons. The predicted octanol–water partition coefficient (Wildman–Crippen LogP) is 5.10. The van der Waals surface area contributed by atoms with E-state index in [1.807, 2.05) is 0 Å². The van der Waals surface area contributed by atoms with E-state index in [2.05, 4.69) is 0 Å². The van der Waals surface area contributed by atoms with E-state index >= 15 is 0 Å². The first kappa shape index (κ1) is 18.0. The van der Waals surface area contributed by atoms with Crippen LogP contribution >= 0.6 is 0 Å². The van der Waals surface area contributed by atoms with Crippen molar-refractivity contribution in [3.63, 3.8) is 0 Å². The molecule has 0 bridgehead atoms. The molecule has 0 fully saturated rings. The Balaban J connectivity index is 2.01. The summed E-state index contributed by atoms with van der Waals surface area (Å²) in [5.41, 5.74) is 5.93. The van der Waals surface area contributed by atoms with Gasteiger partial charge in [-0.3, -0.25) is 4.79 Å². The third-order valence-electron chi connectivity index (χ3n) is 4.77. The number of hydrogen-bond acceptors (Lipinski definition) is 1. The highest BCUT2D eigenvalue weighted by Gasteiger charge is 2.34. The molecule has 4 rings (SSSR count). The zero-order chi connectivity index (χ0) is 20.1. The summed E-state index contributed by atoms with van der Waals surface area (Å²) < 4.78 is 55.4. The van der Waals surface area contributed by atoms with Gasteiger partial charge in [-0.25, -0.2) is 4.39 Å². The first-order valence-corrected chi connectivity index (χ1v) is 8.43. The highest BCUT2D eigenvalue weighted by atomic mass is 19.4. The van der Waals surface area contributed by atoms with E-state index in [1.54, 1.807) is 47.0 Å². The average Bonchev–Trinajstić information content (AvgIpc) is 2.96. The Morgan fingerprint density at radius 2 is 1.68 bits per heavy atom. The lowest BCUT2D eigenvalue weighted by molar-refractivity contribution is -0.138. The largest absolute Gasteiger partial charge is 0.416 e. The second-order valence-electron chi connectivity index (χ2n) is 6.47. The molecule has 2 N–H and O–H groups in total. The number of nitrogens with two attached hydrogens (primary N) is 1. The second-order valence-corrected chi connectivity index (χ2v) is 6.47. The fourth-order valence-electron chi connectivity index (χ4n) is 3.59. The average molecular weight is 386 g/mol. The summed E-state index contributed by atoms with van der Waals surface area (Å²) in [6.45, 7) is -0.138. The molecule has 0 spiro atoms. The lowest BCUT2D eigenvalue weighted by Gasteiger charge is -2.15. The Kier molecular flexibility index (Phi) is 4.10. The third kappa shape index (κ3) is 2.89. The molecule has 4 aromatic rings. The van der Waals surface area contributed by atoms with Gasteiger partial charge in [0.15, 0.2) is 0 Å². The molecule has 7 heteroatoms. The van der Waals surface area contributed by atoms with E-state index in [1.165, 1.54) is 0 Å². The number of carbonyl (C=O) groups excluding carboxylic acids is 1. The van der Waals surface area contributed by atoms with Crippen LogP contribution in [0.25, 0.3) is 21.8 Å². The number of halogens is 4. The number of fused-ring (bicyclic) bond motifs is 3. The first-order chi connectivity index (χ1) is 13.3. The summed E-state index contributed by atoms with van der Waals surface area (Å²) >= 11 is 0. The monoisotopic (exact) mass is 386 g/mol. The van der Waals surface area contributed by atoms with Crippen LogP contribution in [-0.2, 0) is 12.7 Å². The highest BCUT2D eigenvalue weighted by molar-refractivity contribution is 6.17. The van der Waals surface area contributed by atoms with Crippen LogP contribution in [0.2, 0.25) is 0 Å². The summed E-state index contributed by atoms with van der Waals surface area (Å²) in [6.07, 6.45) is -4.69. The number of primary amides is 1. The Morgan fingerprint density at radius 1 is 0.964 bits per heavy atom. The Labute approximate surface area is 157 Å². The van der Waals surface area contributed by atoms with Gasteiger partial charge in [0.1, 0.15) is 5.82 Å². The van der Waals surface area contributed by atoms with Crippen LogP contribution in [0.5, 0.6) is 0 Å². The number of carbonyl (C=O) groups is 1. The molecule has 3 aromatic carbocycles. The maximum absolute atomic E-state index is 13.4. The van der Waals surface area contributed by atoms with Crippen molar-refractivity contribution in [3.8, 4) is 0 Å². The van der Waals surface area contributed by atoms with Crippen LogP contribution in [0.1, 0.15) is 21.5 Å². The zero-order valence-corrected chi connectivity index (χ0v) is 14.4. The Hall–Kier alpha value is -3.35. The summed E-state index contributed by atoms with van der Waals surface area (Å²) in [7, 11) is 0. The van der Waals surface area contributed by atoms with Gasteiger partial charge in [0.2, 0.25) is 5.91 Å². The lowest BCUT2D eigenvalue weighted by atomic mass is 10.1. The van der Waals surface area contributed by atoms with Crippen LogP contribution in [0.4, 0.5) is 17.6 Å². The number of aromatic nitrogens is 1. The van der Waals surface area contributed by atoms with Crippen LogP contribution < -0.4 is 5.73 Å². The molecular formula is C21H14F4N2O. The van der Waals surface area contributed by atoms with Gasteiger partial charge in [-0.1, -0.05) is 30.3 Å². The lowest BCUT2D eigenvalue weighted by Crippen LogP contribution is -2.13. The number of rotatable bonds is 3. The van der Waals surface area contributed by atoms with Gasteiger partial charge in [0.25, 0.3) is 0 Å². The molecule has 0 saturated heterocycles. The van der Waals surface area contributed by atoms with Crippen molar-refractivity contribution >= 4 is 27.7 Å². The molecular weight excluding hydrogens is 372 g/mol. The number of amides is 1. The quantitative estimate of drug-likeness (QED) is 0.490. The van der Waals surface area contributed by atoms with E-state index in [4.69, 9.17) is 5.73 Å². The zero-order valence-electron chi connectivity index (χ0n) is 14.4. The van der Waals surface area contributed by atoms with Crippen LogP contribution in [0.15, 0.2) is 60.7 Å². The van der Waals surface area contributed by atoms with Crippen LogP contribution in [-0.4, -0.2) is 10.5 Å². The summed E-state index contributed by atoms with van der Waals surface area (Å²) in [5, 5.41) is 1.30. The number of para-hydroxylation sites is 1. The fourth-order valence-corrected chi connectivity index (χ4v) is 3.59. The van der Waals surface area contributed by atoms with Crippen molar-refractivity contribution in [2.75, 3.05) is 0 Å². The normalized spacial score (nSPS) is 12.0. The molecule has 0 aliphatic heterocycles. The second kappa shape index (κ2) is 6.37. The maximum Gasteiger partial charge on any atom is 0.416 e. The number of nitrogens with zero attached hydrogens (tertiary/aromatic N) is 1. The highest BCUT2D eigenvalue weighted by Crippen LogP contribution is 2.36. The molecule has 0 aliphatic rings. The Bertz CT molecular complexity index is 1220. The molecule has 1 heterocycles. The summed E-state index contributed by atoms with van der Waals surface area (Å²) in [4.78, 5) is 11.9. The number of alkyl halides is 3. The van der Waals surface area contributed by atoms with Crippen LogP contribution in [0, 0.1) is 5.82 Å². The van der Waals surface area contributed by atoms with Gasteiger partial charge in [-0.2, -0.15) is 13.2 Å². The van der Waals surface area contributed by atoms with Crippen molar-refractivity contribution in [1.82, 2.24) is 4.57 Å². The molecule has 28 heavy (non-hydrogen) atoms. The minimum Gasteiger partial charge on any atom is -0.366 e. The predicted molar refractivity (Wildman–Crippen MR) is 98.5 cm³/mol. The summed E-state index contributed by atoms with van der Waals surface area (Å²) in [5.74, 6) is -1.57. The molecule has 0 saturated carbocycles. The Morgan fingerprint density at radius 3 is 2.39 bits per heavy atom. The topological polar surface area (TPSA) is 48.0 Å². The molecule has 0 atom stereocenters. The van der Waals surface area contributed by atoms with Crippen molar-refractivity contribution in [3.05, 3.63) is 83.2 Å². The van der Waals surface area contributed by atoms with Crippen molar-refractivity contribution in [2.24, 2.45) is 5.73 Å². The standard InChI is InChI=1S/C21H14F4N2O/c22-13-9-8-12(16(10-13)21(23,24)25)11-27-17-6-2-1-4-14(17)19-15(20(26)28)5-3-7-18(19)27/h1-10H,11H2,(H2,26,28). The molecule has 0 aliphatic carbocycles. The third-order valence-corrected chi connectivity index (χ3v) is 4.77. The minimum absolute atomic E-state index is 0.0685. The van der Waals surface area contributed by atoms with Gasteiger partial charge in [0, 0.05) is 28.4 Å². The van der Waals surface area contributed by atoms with Crippen molar-refractivity contribution < 1.29 is 22.4 Å². The minimum atomic E-state index is -4.69. The molecule has 0 unspecified atom stereocenters. The smallest absolute Gasteiger partial charge is 0.366 e. The van der Waals surface area contributed by atoms with Crippen LogP contribution in [0.3, 0.4) is 0 Å². The molecule has 3 nitrogen and oxygen atoms in total. The van der Waals surface area contributed by atoms with Gasteiger partial charge >= 0.3 is 6.18 Å². The van der Waals surface area contributed by atoms with E-state index in [0.29, 0.717) is 33.4 Å². The van der Waals surface area contributed by atoms with Gasteiger partial charge in [-0.05, 0) is 35.9 Å². The van der Waals surface area contributed by atoms with Crippen molar-refractivity contribution in [2.45, 2.75) is 12.7 Å². The molecule has 1 aromatic heterocycles. The SMILES string of the molecule is NC(=O)c1cccc2c1c1ccccc1n2Cc1ccc(F)cc1C(F)(F)F. The molecule has 142 valence electrons. The van der Waals surface area contributed by atoms with E-state index in [-0.39, 0.29) is 12.1 Å². The van der Waals surface area contributed by atoms with Gasteiger partial charge in [0.05, 0.1) is 11.1 Å². The fraction of sp³-hybridized carbons (Fsp3) is 0.0952.